The van der Waals surface area contributed by atoms with E-state index in [-0.39, 0.29) is 5.76 Å². The fourth-order valence-corrected chi connectivity index (χ4v) is 2.09. The van der Waals surface area contributed by atoms with Crippen LogP contribution in [0.3, 0.4) is 0 Å². The van der Waals surface area contributed by atoms with Gasteiger partial charge in [-0.05, 0) is 29.8 Å². The number of fused-ring (bicyclic) bond motifs is 1. The highest BCUT2D eigenvalue weighted by atomic mass is 16.4. The quantitative estimate of drug-likeness (QED) is 0.702. The Hall–Kier alpha value is -2.80. The molecule has 3 rings (SSSR count). The summed E-state index contributed by atoms with van der Waals surface area (Å²) in [5.41, 5.74) is 2.81. The van der Waals surface area contributed by atoms with Crippen molar-refractivity contribution in [3.05, 3.63) is 70.2 Å². The third kappa shape index (κ3) is 2.02. The zero-order valence-corrected chi connectivity index (χ0v) is 10.0. The van der Waals surface area contributed by atoms with E-state index in [0.717, 1.165) is 11.1 Å². The second-order valence-corrected chi connectivity index (χ2v) is 4.23. The zero-order valence-electron chi connectivity index (χ0n) is 10.0. The van der Waals surface area contributed by atoms with E-state index in [1.54, 1.807) is 28.8 Å². The molecule has 0 aliphatic carbocycles. The molecule has 0 unspecified atom stereocenters. The van der Waals surface area contributed by atoms with Gasteiger partial charge in [0.1, 0.15) is 0 Å². The topological polar surface area (TPSA) is 58.9 Å². The minimum absolute atomic E-state index is 0.386. The summed E-state index contributed by atoms with van der Waals surface area (Å²) < 4.78 is 6.73. The average molecular weight is 250 g/mol. The van der Waals surface area contributed by atoms with Gasteiger partial charge < -0.3 is 4.42 Å². The normalized spacial score (nSPS) is 10.5. The molecule has 3 aromatic rings. The van der Waals surface area contributed by atoms with Crippen molar-refractivity contribution in [3.63, 3.8) is 0 Å². The summed E-state index contributed by atoms with van der Waals surface area (Å²) >= 11 is 0. The van der Waals surface area contributed by atoms with Crippen LogP contribution >= 0.6 is 0 Å². The molecule has 4 heteroatoms. The monoisotopic (exact) mass is 250 g/mol. The van der Waals surface area contributed by atoms with Gasteiger partial charge >= 0.3 is 5.76 Å². The lowest BCUT2D eigenvalue weighted by Crippen LogP contribution is -2.14. The summed E-state index contributed by atoms with van der Waals surface area (Å²) in [4.78, 5) is 11.8. The first-order valence-corrected chi connectivity index (χ1v) is 5.85. The van der Waals surface area contributed by atoms with Gasteiger partial charge in [-0.2, -0.15) is 5.26 Å². The van der Waals surface area contributed by atoms with Crippen molar-refractivity contribution in [3.8, 4) is 6.07 Å². The summed E-state index contributed by atoms with van der Waals surface area (Å²) in [6.45, 7) is 0.394. The standard InChI is InChI=1S/C15H10N2O2/c16-9-11-4-3-5-12(8-11)10-17-13-6-1-2-7-14(13)19-15(17)18/h1-8H,10H2. The molecule has 0 saturated carbocycles. The van der Waals surface area contributed by atoms with Crippen molar-refractivity contribution in [2.45, 2.75) is 6.54 Å². The molecular weight excluding hydrogens is 240 g/mol. The highest BCUT2D eigenvalue weighted by molar-refractivity contribution is 5.72. The Kier molecular flexibility index (Phi) is 2.66. The van der Waals surface area contributed by atoms with E-state index in [9.17, 15) is 4.79 Å². The van der Waals surface area contributed by atoms with Gasteiger partial charge in [0.2, 0.25) is 0 Å². The number of aromatic nitrogens is 1. The van der Waals surface area contributed by atoms with Crippen LogP contribution in [0.1, 0.15) is 11.1 Å². The molecule has 92 valence electrons. The number of nitriles is 1. The number of para-hydroxylation sites is 2. The lowest BCUT2D eigenvalue weighted by atomic mass is 10.1. The molecule has 19 heavy (non-hydrogen) atoms. The molecule has 0 saturated heterocycles. The van der Waals surface area contributed by atoms with E-state index in [0.29, 0.717) is 17.7 Å². The SMILES string of the molecule is N#Cc1cccc(Cn2c(=O)oc3ccccc32)c1. The van der Waals surface area contributed by atoms with Gasteiger partial charge in [-0.1, -0.05) is 24.3 Å². The molecule has 0 atom stereocenters. The Labute approximate surface area is 109 Å². The number of hydrogen-bond acceptors (Lipinski definition) is 3. The van der Waals surface area contributed by atoms with E-state index in [4.69, 9.17) is 9.68 Å². The van der Waals surface area contributed by atoms with Gasteiger partial charge in [0.15, 0.2) is 5.58 Å². The number of hydrogen-bond donors (Lipinski definition) is 0. The molecule has 0 fully saturated rings. The molecule has 1 heterocycles. The number of benzene rings is 2. The van der Waals surface area contributed by atoms with Crippen molar-refractivity contribution >= 4 is 11.1 Å². The van der Waals surface area contributed by atoms with E-state index in [1.807, 2.05) is 24.3 Å². The first-order chi connectivity index (χ1) is 9.28. The molecule has 4 nitrogen and oxygen atoms in total. The summed E-state index contributed by atoms with van der Waals surface area (Å²) in [6.07, 6.45) is 0. The lowest BCUT2D eigenvalue weighted by molar-refractivity contribution is 0.517. The molecule has 0 N–H and O–H groups in total. The Morgan fingerprint density at radius 1 is 1.16 bits per heavy atom. The molecule has 0 spiro atoms. The van der Waals surface area contributed by atoms with E-state index in [2.05, 4.69) is 6.07 Å². The first kappa shape index (κ1) is 11.3. The Morgan fingerprint density at radius 2 is 2.00 bits per heavy atom. The molecule has 0 bridgehead atoms. The highest BCUT2D eigenvalue weighted by Gasteiger charge is 2.08. The molecule has 0 amide bonds. The van der Waals surface area contributed by atoms with Crippen LogP contribution in [0, 0.1) is 11.3 Å². The molecule has 2 aromatic carbocycles. The number of oxazole rings is 1. The average Bonchev–Trinajstić information content (AvgIpc) is 2.76. The summed E-state index contributed by atoms with van der Waals surface area (Å²) in [5.74, 6) is -0.386. The van der Waals surface area contributed by atoms with Gasteiger partial charge in [0.25, 0.3) is 0 Å². The van der Waals surface area contributed by atoms with Gasteiger partial charge in [-0.15, -0.1) is 0 Å². The van der Waals surface area contributed by atoms with Gasteiger partial charge in [0.05, 0.1) is 23.7 Å². The predicted molar refractivity (Wildman–Crippen MR) is 70.7 cm³/mol. The number of rotatable bonds is 2. The van der Waals surface area contributed by atoms with Crippen LogP contribution in [0.4, 0.5) is 0 Å². The van der Waals surface area contributed by atoms with Gasteiger partial charge in [0, 0.05) is 0 Å². The van der Waals surface area contributed by atoms with Gasteiger partial charge in [-0.25, -0.2) is 4.79 Å². The number of nitrogens with zero attached hydrogens (tertiary/aromatic N) is 2. The first-order valence-electron chi connectivity index (χ1n) is 5.85. The van der Waals surface area contributed by atoms with Crippen LogP contribution in [0.5, 0.6) is 0 Å². The highest BCUT2D eigenvalue weighted by Crippen LogP contribution is 2.14. The molecule has 1 aromatic heterocycles. The maximum atomic E-state index is 11.8. The third-order valence-electron chi connectivity index (χ3n) is 2.97. The van der Waals surface area contributed by atoms with Crippen molar-refractivity contribution in [2.75, 3.05) is 0 Å². The van der Waals surface area contributed by atoms with E-state index < -0.39 is 0 Å². The minimum atomic E-state index is -0.386. The Balaban J connectivity index is 2.08. The Morgan fingerprint density at radius 3 is 2.84 bits per heavy atom. The minimum Gasteiger partial charge on any atom is -0.408 e. The second-order valence-electron chi connectivity index (χ2n) is 4.23. The van der Waals surface area contributed by atoms with Crippen LogP contribution in [-0.2, 0) is 6.54 Å². The van der Waals surface area contributed by atoms with Crippen LogP contribution in [-0.4, -0.2) is 4.57 Å². The molecule has 0 radical (unpaired) electrons. The van der Waals surface area contributed by atoms with Crippen molar-refractivity contribution in [1.29, 1.82) is 5.26 Å². The Bertz CT molecular complexity index is 837. The second kappa shape index (κ2) is 4.46. The maximum absolute atomic E-state index is 11.8. The van der Waals surface area contributed by atoms with Crippen LogP contribution < -0.4 is 5.76 Å². The largest absolute Gasteiger partial charge is 0.420 e. The smallest absolute Gasteiger partial charge is 0.408 e. The van der Waals surface area contributed by atoms with Crippen molar-refractivity contribution in [2.24, 2.45) is 0 Å². The predicted octanol–water partition coefficient (Wildman–Crippen LogP) is 2.51. The van der Waals surface area contributed by atoms with Gasteiger partial charge in [-0.3, -0.25) is 4.57 Å². The summed E-state index contributed by atoms with van der Waals surface area (Å²) in [7, 11) is 0. The maximum Gasteiger partial charge on any atom is 0.420 e. The van der Waals surface area contributed by atoms with E-state index >= 15 is 0 Å². The zero-order chi connectivity index (χ0) is 13.2. The summed E-state index contributed by atoms with van der Waals surface area (Å²) in [5, 5.41) is 8.88. The fraction of sp³-hybridized carbons (Fsp3) is 0.0667. The van der Waals surface area contributed by atoms with Crippen LogP contribution in [0.2, 0.25) is 0 Å². The van der Waals surface area contributed by atoms with Crippen LogP contribution in [0.15, 0.2) is 57.7 Å². The summed E-state index contributed by atoms with van der Waals surface area (Å²) in [6, 6.07) is 16.6. The fourth-order valence-electron chi connectivity index (χ4n) is 2.09. The molecular formula is C15H10N2O2. The molecule has 0 aliphatic rings. The molecule has 0 aliphatic heterocycles. The van der Waals surface area contributed by atoms with Crippen molar-refractivity contribution < 1.29 is 4.42 Å². The van der Waals surface area contributed by atoms with Crippen LogP contribution in [0.25, 0.3) is 11.1 Å². The third-order valence-corrected chi connectivity index (χ3v) is 2.97. The van der Waals surface area contributed by atoms with Crippen molar-refractivity contribution in [1.82, 2.24) is 4.57 Å². The van der Waals surface area contributed by atoms with E-state index in [1.165, 1.54) is 0 Å². The lowest BCUT2D eigenvalue weighted by Gasteiger charge is -2.02.